The van der Waals surface area contributed by atoms with Crippen LogP contribution in [0, 0.1) is 12.3 Å². The number of terminal acetylenes is 1. The lowest BCUT2D eigenvalue weighted by molar-refractivity contribution is -0.123. The van der Waals surface area contributed by atoms with Gasteiger partial charge in [-0.1, -0.05) is 25.0 Å². The maximum absolute atomic E-state index is 12.2. The van der Waals surface area contributed by atoms with Crippen molar-refractivity contribution < 1.29 is 14.3 Å². The van der Waals surface area contributed by atoms with Crippen LogP contribution in [0.4, 0.5) is 5.69 Å². The second-order valence-corrected chi connectivity index (χ2v) is 4.94. The summed E-state index contributed by atoms with van der Waals surface area (Å²) in [7, 11) is 1.55. The Morgan fingerprint density at radius 1 is 1.26 bits per heavy atom. The summed E-state index contributed by atoms with van der Waals surface area (Å²) in [4.78, 5) is 25.7. The predicted molar refractivity (Wildman–Crippen MR) is 90.2 cm³/mol. The number of methoxy groups -OCH3 is 1. The molecule has 6 heteroatoms. The van der Waals surface area contributed by atoms with E-state index < -0.39 is 0 Å². The molecule has 0 aliphatic heterocycles. The topological polar surface area (TPSA) is 70.7 Å². The Labute approximate surface area is 137 Å². The molecule has 2 amide bonds. The number of hydrogen-bond donors (Lipinski definition) is 2. The molecule has 0 aromatic heterocycles. The largest absolute Gasteiger partial charge is 0.495 e. The highest BCUT2D eigenvalue weighted by molar-refractivity contribution is 5.94. The van der Waals surface area contributed by atoms with Gasteiger partial charge in [-0.15, -0.1) is 6.42 Å². The van der Waals surface area contributed by atoms with Crippen LogP contribution in [-0.2, 0) is 9.59 Å². The van der Waals surface area contributed by atoms with E-state index in [2.05, 4.69) is 16.6 Å². The summed E-state index contributed by atoms with van der Waals surface area (Å²) in [5.41, 5.74) is 0.605. The zero-order chi connectivity index (χ0) is 17.1. The minimum absolute atomic E-state index is 0.120. The van der Waals surface area contributed by atoms with Crippen molar-refractivity contribution in [1.29, 1.82) is 0 Å². The van der Waals surface area contributed by atoms with Crippen molar-refractivity contribution >= 4 is 17.5 Å². The second kappa shape index (κ2) is 10.2. The zero-order valence-corrected chi connectivity index (χ0v) is 13.6. The lowest BCUT2D eigenvalue weighted by atomic mass is 10.3. The highest BCUT2D eigenvalue weighted by atomic mass is 16.5. The molecule has 124 valence electrons. The highest BCUT2D eigenvalue weighted by Gasteiger charge is 2.14. The Bertz CT molecular complexity index is 566. The van der Waals surface area contributed by atoms with Crippen LogP contribution in [0.5, 0.6) is 5.75 Å². The molecular formula is C17H23N3O3. The number of carbonyl (C=O) groups excluding carboxylic acids is 2. The summed E-state index contributed by atoms with van der Waals surface area (Å²) in [5.74, 6) is 2.54. The molecule has 0 spiro atoms. The van der Waals surface area contributed by atoms with E-state index in [1.807, 2.05) is 19.1 Å². The number of amides is 2. The SMILES string of the molecule is C#CCNC(=O)CN(CCC)CC(=O)Nc1ccccc1OC. The summed E-state index contributed by atoms with van der Waals surface area (Å²) in [6.07, 6.45) is 5.94. The van der Waals surface area contributed by atoms with Crippen LogP contribution in [0.1, 0.15) is 13.3 Å². The molecule has 0 fully saturated rings. The summed E-state index contributed by atoms with van der Waals surface area (Å²) < 4.78 is 5.20. The molecule has 0 atom stereocenters. The van der Waals surface area contributed by atoms with Crippen LogP contribution in [0.3, 0.4) is 0 Å². The number of carbonyl (C=O) groups is 2. The fourth-order valence-corrected chi connectivity index (χ4v) is 2.08. The summed E-state index contributed by atoms with van der Waals surface area (Å²) >= 11 is 0. The fourth-order valence-electron chi connectivity index (χ4n) is 2.08. The Balaban J connectivity index is 2.60. The molecule has 1 aromatic rings. The first kappa shape index (κ1) is 18.5. The minimum Gasteiger partial charge on any atom is -0.495 e. The van der Waals surface area contributed by atoms with Gasteiger partial charge in [-0.25, -0.2) is 0 Å². The van der Waals surface area contributed by atoms with E-state index >= 15 is 0 Å². The standard InChI is InChI=1S/C17H23N3O3/c1-4-10-18-16(21)12-20(11-5-2)13-17(22)19-14-8-6-7-9-15(14)23-3/h1,6-9H,5,10-13H2,2-3H3,(H,18,21)(H,19,22). The third-order valence-corrected chi connectivity index (χ3v) is 3.04. The van der Waals surface area contributed by atoms with E-state index in [0.717, 1.165) is 6.42 Å². The highest BCUT2D eigenvalue weighted by Crippen LogP contribution is 2.22. The van der Waals surface area contributed by atoms with Crippen molar-refractivity contribution in [2.75, 3.05) is 38.6 Å². The van der Waals surface area contributed by atoms with Gasteiger partial charge in [0.15, 0.2) is 0 Å². The van der Waals surface area contributed by atoms with Crippen molar-refractivity contribution in [1.82, 2.24) is 10.2 Å². The van der Waals surface area contributed by atoms with Gasteiger partial charge in [-0.2, -0.15) is 0 Å². The Hall–Kier alpha value is -2.52. The number of nitrogens with one attached hydrogen (secondary N) is 2. The molecule has 2 N–H and O–H groups in total. The summed E-state index contributed by atoms with van der Waals surface area (Å²) in [6, 6.07) is 7.18. The molecule has 23 heavy (non-hydrogen) atoms. The van der Waals surface area contributed by atoms with Crippen molar-refractivity contribution in [3.05, 3.63) is 24.3 Å². The normalized spacial score (nSPS) is 10.0. The molecule has 0 aliphatic rings. The lowest BCUT2D eigenvalue weighted by Crippen LogP contribution is -2.41. The molecule has 6 nitrogen and oxygen atoms in total. The van der Waals surface area contributed by atoms with Gasteiger partial charge in [0.1, 0.15) is 5.75 Å². The van der Waals surface area contributed by atoms with E-state index in [-0.39, 0.29) is 31.4 Å². The van der Waals surface area contributed by atoms with Gasteiger partial charge in [0.25, 0.3) is 0 Å². The van der Waals surface area contributed by atoms with Crippen molar-refractivity contribution in [3.8, 4) is 18.1 Å². The van der Waals surface area contributed by atoms with Gasteiger partial charge in [0.2, 0.25) is 11.8 Å². The van der Waals surface area contributed by atoms with Gasteiger partial charge >= 0.3 is 0 Å². The molecule has 0 heterocycles. The van der Waals surface area contributed by atoms with Gasteiger partial charge in [-0.05, 0) is 25.1 Å². The number of para-hydroxylation sites is 2. The van der Waals surface area contributed by atoms with Gasteiger partial charge in [-0.3, -0.25) is 14.5 Å². The molecule has 0 saturated carbocycles. The third-order valence-electron chi connectivity index (χ3n) is 3.04. The van der Waals surface area contributed by atoms with Gasteiger partial charge in [0, 0.05) is 0 Å². The Morgan fingerprint density at radius 2 is 1.96 bits per heavy atom. The number of hydrogen-bond acceptors (Lipinski definition) is 4. The second-order valence-electron chi connectivity index (χ2n) is 4.94. The van der Waals surface area contributed by atoms with Crippen LogP contribution >= 0.6 is 0 Å². The number of anilines is 1. The first-order valence-electron chi connectivity index (χ1n) is 7.46. The third kappa shape index (κ3) is 6.85. The first-order chi connectivity index (χ1) is 11.1. The van der Waals surface area contributed by atoms with Crippen molar-refractivity contribution in [2.24, 2.45) is 0 Å². The maximum atomic E-state index is 12.2. The summed E-state index contributed by atoms with van der Waals surface area (Å²) in [6.45, 7) is 3.07. The van der Waals surface area contributed by atoms with E-state index in [4.69, 9.17) is 11.2 Å². The number of rotatable bonds is 9. The average Bonchev–Trinajstić information content (AvgIpc) is 2.53. The predicted octanol–water partition coefficient (Wildman–Crippen LogP) is 1.10. The molecule has 1 rings (SSSR count). The molecule has 1 aromatic carbocycles. The number of benzene rings is 1. The lowest BCUT2D eigenvalue weighted by Gasteiger charge is -2.20. The van der Waals surface area contributed by atoms with E-state index in [0.29, 0.717) is 18.0 Å². The smallest absolute Gasteiger partial charge is 0.238 e. The van der Waals surface area contributed by atoms with Crippen LogP contribution < -0.4 is 15.4 Å². The van der Waals surface area contributed by atoms with Crippen LogP contribution in [-0.4, -0.2) is 50.0 Å². The fraction of sp³-hybridized carbons (Fsp3) is 0.412. The minimum atomic E-state index is -0.201. The number of ether oxygens (including phenoxy) is 1. The molecule has 0 unspecified atom stereocenters. The summed E-state index contributed by atoms with van der Waals surface area (Å²) in [5, 5.41) is 5.39. The van der Waals surface area contributed by atoms with Crippen LogP contribution in [0.15, 0.2) is 24.3 Å². The first-order valence-corrected chi connectivity index (χ1v) is 7.46. The molecule has 0 aliphatic carbocycles. The molecule has 0 saturated heterocycles. The Kier molecular flexibility index (Phi) is 8.25. The van der Waals surface area contributed by atoms with Crippen molar-refractivity contribution in [3.63, 3.8) is 0 Å². The average molecular weight is 317 g/mol. The number of nitrogens with zero attached hydrogens (tertiary/aromatic N) is 1. The quantitative estimate of drug-likeness (QED) is 0.669. The zero-order valence-electron chi connectivity index (χ0n) is 13.6. The van der Waals surface area contributed by atoms with E-state index in [1.54, 1.807) is 24.1 Å². The maximum Gasteiger partial charge on any atom is 0.238 e. The molecule has 0 radical (unpaired) electrons. The van der Waals surface area contributed by atoms with Crippen LogP contribution in [0.25, 0.3) is 0 Å². The molecule has 0 bridgehead atoms. The Morgan fingerprint density at radius 3 is 2.61 bits per heavy atom. The van der Waals surface area contributed by atoms with Gasteiger partial charge in [0.05, 0.1) is 32.4 Å². The van der Waals surface area contributed by atoms with Gasteiger partial charge < -0.3 is 15.4 Å². The molecular weight excluding hydrogens is 294 g/mol. The van der Waals surface area contributed by atoms with E-state index in [1.165, 1.54) is 0 Å². The van der Waals surface area contributed by atoms with Crippen LogP contribution in [0.2, 0.25) is 0 Å². The monoisotopic (exact) mass is 317 g/mol. The van der Waals surface area contributed by atoms with Crippen molar-refractivity contribution in [2.45, 2.75) is 13.3 Å². The van der Waals surface area contributed by atoms with E-state index in [9.17, 15) is 9.59 Å².